The summed E-state index contributed by atoms with van der Waals surface area (Å²) in [7, 11) is 1.80. The Hall–Kier alpha value is -1.96. The Morgan fingerprint density at radius 3 is 2.47 bits per heavy atom. The van der Waals surface area contributed by atoms with Gasteiger partial charge in [0.1, 0.15) is 5.01 Å². The second-order valence-corrected chi connectivity index (χ2v) is 9.26. The number of aliphatic imine (C=N–C) groups is 1. The summed E-state index contributed by atoms with van der Waals surface area (Å²) in [5.74, 6) is 1.25. The van der Waals surface area contributed by atoms with Gasteiger partial charge in [-0.15, -0.1) is 11.3 Å². The van der Waals surface area contributed by atoms with Crippen molar-refractivity contribution in [2.24, 2.45) is 4.99 Å². The fourth-order valence-corrected chi connectivity index (χ4v) is 4.66. The van der Waals surface area contributed by atoms with E-state index in [1.54, 1.807) is 18.4 Å². The van der Waals surface area contributed by atoms with Crippen LogP contribution in [0.2, 0.25) is 0 Å². The number of aromatic nitrogens is 1. The average molecular weight is 430 g/mol. The highest BCUT2D eigenvalue weighted by Gasteiger charge is 2.22. The van der Waals surface area contributed by atoms with Gasteiger partial charge in [0, 0.05) is 38.6 Å². The van der Waals surface area contributed by atoms with Crippen LogP contribution in [0, 0.1) is 0 Å². The predicted octanol–water partition coefficient (Wildman–Crippen LogP) is 3.74. The van der Waals surface area contributed by atoms with E-state index in [0.717, 1.165) is 42.8 Å². The van der Waals surface area contributed by atoms with Crippen LogP contribution in [0.1, 0.15) is 55.4 Å². The molecule has 1 fully saturated rings. The molecular formula is C23H35N5OS. The summed E-state index contributed by atoms with van der Waals surface area (Å²) in [6.07, 6.45) is 0.563. The third-order valence-electron chi connectivity index (χ3n) is 5.25. The summed E-state index contributed by atoms with van der Waals surface area (Å²) >= 11 is 1.69. The van der Waals surface area contributed by atoms with E-state index in [0.29, 0.717) is 12.5 Å². The number of guanidine groups is 1. The van der Waals surface area contributed by atoms with Crippen LogP contribution in [0.5, 0.6) is 0 Å². The van der Waals surface area contributed by atoms with Crippen LogP contribution in [-0.2, 0) is 24.4 Å². The van der Waals surface area contributed by atoms with Crippen molar-refractivity contribution in [1.82, 2.24) is 20.5 Å². The van der Waals surface area contributed by atoms with E-state index in [9.17, 15) is 0 Å². The average Bonchev–Trinajstić information content (AvgIpc) is 3.18. The lowest BCUT2D eigenvalue weighted by Crippen LogP contribution is -2.45. The van der Waals surface area contributed by atoms with Crippen molar-refractivity contribution < 1.29 is 4.74 Å². The van der Waals surface area contributed by atoms with Gasteiger partial charge in [-0.25, -0.2) is 4.98 Å². The van der Waals surface area contributed by atoms with E-state index in [1.807, 2.05) is 0 Å². The van der Waals surface area contributed by atoms with E-state index < -0.39 is 0 Å². The minimum Gasteiger partial charge on any atom is -0.373 e. The number of ether oxygens (including phenoxy) is 1. The van der Waals surface area contributed by atoms with E-state index in [4.69, 9.17) is 4.74 Å². The number of morpholine rings is 1. The highest BCUT2D eigenvalue weighted by molar-refractivity contribution is 7.09. The van der Waals surface area contributed by atoms with Gasteiger partial charge >= 0.3 is 0 Å². The van der Waals surface area contributed by atoms with Gasteiger partial charge in [-0.05, 0) is 30.9 Å². The smallest absolute Gasteiger partial charge is 0.191 e. The van der Waals surface area contributed by atoms with E-state index >= 15 is 0 Å². The molecule has 1 aliphatic heterocycles. The Balaban J connectivity index is 1.55. The quantitative estimate of drug-likeness (QED) is 0.519. The van der Waals surface area contributed by atoms with Crippen molar-refractivity contribution in [2.75, 3.05) is 20.1 Å². The number of benzene rings is 1. The minimum atomic E-state index is 0.282. The molecule has 1 saturated heterocycles. The second-order valence-electron chi connectivity index (χ2n) is 8.32. The van der Waals surface area contributed by atoms with Gasteiger partial charge in [-0.3, -0.25) is 9.89 Å². The first kappa shape index (κ1) is 22.7. The zero-order valence-electron chi connectivity index (χ0n) is 18.8. The molecule has 1 aromatic carbocycles. The third kappa shape index (κ3) is 6.52. The number of hydrogen-bond acceptors (Lipinski definition) is 5. The van der Waals surface area contributed by atoms with Gasteiger partial charge in [0.15, 0.2) is 5.96 Å². The molecule has 2 N–H and O–H groups in total. The van der Waals surface area contributed by atoms with Gasteiger partial charge in [0.05, 0.1) is 24.4 Å². The van der Waals surface area contributed by atoms with Crippen molar-refractivity contribution in [3.05, 3.63) is 51.5 Å². The maximum atomic E-state index is 5.87. The fraction of sp³-hybridized carbons (Fsp3) is 0.565. The zero-order chi connectivity index (χ0) is 21.5. The lowest BCUT2D eigenvalue weighted by Gasteiger charge is -2.35. The predicted molar refractivity (Wildman–Crippen MR) is 125 cm³/mol. The van der Waals surface area contributed by atoms with Crippen LogP contribution in [0.4, 0.5) is 0 Å². The van der Waals surface area contributed by atoms with Crippen LogP contribution < -0.4 is 10.6 Å². The van der Waals surface area contributed by atoms with Gasteiger partial charge in [-0.2, -0.15) is 0 Å². The highest BCUT2D eigenvalue weighted by Crippen LogP contribution is 2.18. The van der Waals surface area contributed by atoms with E-state index in [-0.39, 0.29) is 12.2 Å². The summed E-state index contributed by atoms with van der Waals surface area (Å²) in [4.78, 5) is 11.5. The molecule has 0 spiro atoms. The molecule has 0 bridgehead atoms. The monoisotopic (exact) mass is 429 g/mol. The van der Waals surface area contributed by atoms with Gasteiger partial charge in [0.25, 0.3) is 0 Å². The molecule has 0 amide bonds. The molecule has 6 nitrogen and oxygen atoms in total. The Morgan fingerprint density at radius 2 is 1.83 bits per heavy atom. The first-order chi connectivity index (χ1) is 14.4. The molecule has 1 aliphatic rings. The molecule has 0 saturated carbocycles. The van der Waals surface area contributed by atoms with Crippen molar-refractivity contribution in [1.29, 1.82) is 0 Å². The Labute approximate surface area is 184 Å². The van der Waals surface area contributed by atoms with Gasteiger partial charge in [0.2, 0.25) is 0 Å². The molecule has 30 heavy (non-hydrogen) atoms. The number of thiazole rings is 1. The standard InChI is InChI=1S/C23H35N5OS/c1-16(2)21-15-30-22(27-21)11-26-23(24-5)25-10-19-8-6-7-9-20(19)14-28-12-17(3)29-18(4)13-28/h6-9,15-18H,10-14H2,1-5H3,(H2,24,25,26). The SMILES string of the molecule is CN=C(NCc1nc(C(C)C)cs1)NCc1ccccc1CN1CC(C)OC(C)C1. The molecule has 1 aromatic heterocycles. The van der Waals surface area contributed by atoms with Crippen LogP contribution in [0.3, 0.4) is 0 Å². The van der Waals surface area contributed by atoms with Crippen LogP contribution in [0.15, 0.2) is 34.6 Å². The van der Waals surface area contributed by atoms with Crippen LogP contribution in [-0.4, -0.2) is 48.2 Å². The lowest BCUT2D eigenvalue weighted by atomic mass is 10.1. The molecule has 3 rings (SSSR count). The summed E-state index contributed by atoms with van der Waals surface area (Å²) in [6.45, 7) is 13.0. The molecule has 2 aromatic rings. The number of nitrogens with one attached hydrogen (secondary N) is 2. The summed E-state index contributed by atoms with van der Waals surface area (Å²) in [5.41, 5.74) is 3.80. The van der Waals surface area contributed by atoms with Crippen molar-refractivity contribution >= 4 is 17.3 Å². The topological polar surface area (TPSA) is 61.8 Å². The number of hydrogen-bond donors (Lipinski definition) is 2. The molecule has 164 valence electrons. The molecule has 0 aliphatic carbocycles. The largest absolute Gasteiger partial charge is 0.373 e. The van der Waals surface area contributed by atoms with Crippen LogP contribution >= 0.6 is 11.3 Å². The van der Waals surface area contributed by atoms with Gasteiger partial charge in [-0.1, -0.05) is 38.1 Å². The van der Waals surface area contributed by atoms with Crippen molar-refractivity contribution in [3.63, 3.8) is 0 Å². The molecule has 2 atom stereocenters. The fourth-order valence-electron chi connectivity index (χ4n) is 3.77. The van der Waals surface area contributed by atoms with Gasteiger partial charge < -0.3 is 15.4 Å². The van der Waals surface area contributed by atoms with Crippen molar-refractivity contribution in [3.8, 4) is 0 Å². The maximum absolute atomic E-state index is 5.87. The summed E-state index contributed by atoms with van der Waals surface area (Å²) in [6, 6.07) is 8.64. The second kappa shape index (κ2) is 10.9. The maximum Gasteiger partial charge on any atom is 0.191 e. The van der Waals surface area contributed by atoms with E-state index in [1.165, 1.54) is 11.1 Å². The summed E-state index contributed by atoms with van der Waals surface area (Å²) < 4.78 is 5.87. The third-order valence-corrected chi connectivity index (χ3v) is 6.11. The normalized spacial score (nSPS) is 20.5. The molecule has 2 unspecified atom stereocenters. The number of rotatable bonds is 7. The first-order valence-corrected chi connectivity index (χ1v) is 11.7. The molecule has 0 radical (unpaired) electrons. The number of nitrogens with zero attached hydrogens (tertiary/aromatic N) is 3. The molecule has 2 heterocycles. The van der Waals surface area contributed by atoms with Crippen LogP contribution in [0.25, 0.3) is 0 Å². The Bertz CT molecular complexity index is 825. The first-order valence-electron chi connectivity index (χ1n) is 10.8. The summed E-state index contributed by atoms with van der Waals surface area (Å²) in [5, 5.41) is 10.1. The lowest BCUT2D eigenvalue weighted by molar-refractivity contribution is -0.0705. The van der Waals surface area contributed by atoms with Crippen molar-refractivity contribution in [2.45, 2.75) is 65.5 Å². The minimum absolute atomic E-state index is 0.282. The molecule has 7 heteroatoms. The molecular weight excluding hydrogens is 394 g/mol. The Kier molecular flexibility index (Phi) is 8.24. The zero-order valence-corrected chi connectivity index (χ0v) is 19.6. The highest BCUT2D eigenvalue weighted by atomic mass is 32.1. The van der Waals surface area contributed by atoms with E-state index in [2.05, 4.69) is 82.9 Å². The Morgan fingerprint density at radius 1 is 1.17 bits per heavy atom.